The topological polar surface area (TPSA) is 33.7 Å². The number of rotatable bonds is 8. The first-order valence-corrected chi connectivity index (χ1v) is 8.19. The lowest BCUT2D eigenvalue weighted by atomic mass is 10.1. The van der Waals surface area contributed by atoms with Crippen LogP contribution < -0.4 is 14.8 Å². The van der Waals surface area contributed by atoms with Gasteiger partial charge in [0, 0.05) is 24.8 Å². The zero-order valence-corrected chi connectivity index (χ0v) is 13.4. The zero-order chi connectivity index (χ0) is 14.9. The Morgan fingerprint density at radius 1 is 1.00 bits per heavy atom. The van der Waals surface area contributed by atoms with Crippen LogP contribution in [0.4, 0.5) is 5.69 Å². The molecule has 4 nitrogen and oxygen atoms in total. The SMILES string of the molecule is CCOc1ccc(NCCN2CCCCC2)cc1OCC. The van der Waals surface area contributed by atoms with Crippen molar-refractivity contribution in [3.8, 4) is 11.5 Å². The van der Waals surface area contributed by atoms with Crippen LogP contribution in [0.2, 0.25) is 0 Å². The second-order valence-electron chi connectivity index (χ2n) is 5.36. The van der Waals surface area contributed by atoms with E-state index in [-0.39, 0.29) is 0 Å². The summed E-state index contributed by atoms with van der Waals surface area (Å²) in [5.41, 5.74) is 1.10. The van der Waals surface area contributed by atoms with Gasteiger partial charge >= 0.3 is 0 Å². The Morgan fingerprint density at radius 2 is 1.71 bits per heavy atom. The highest BCUT2D eigenvalue weighted by Gasteiger charge is 2.10. The Balaban J connectivity index is 1.85. The Bertz CT molecular complexity index is 417. The summed E-state index contributed by atoms with van der Waals surface area (Å²) < 4.78 is 11.2. The Kier molecular flexibility index (Phi) is 6.67. The van der Waals surface area contributed by atoms with Gasteiger partial charge < -0.3 is 19.7 Å². The van der Waals surface area contributed by atoms with Crippen molar-refractivity contribution in [2.24, 2.45) is 0 Å². The zero-order valence-electron chi connectivity index (χ0n) is 13.4. The number of likely N-dealkylation sites (tertiary alicyclic amines) is 1. The largest absolute Gasteiger partial charge is 0.490 e. The van der Waals surface area contributed by atoms with E-state index in [4.69, 9.17) is 9.47 Å². The van der Waals surface area contributed by atoms with Crippen molar-refractivity contribution >= 4 is 5.69 Å². The molecule has 0 aromatic heterocycles. The first-order chi connectivity index (χ1) is 10.3. The van der Waals surface area contributed by atoms with Crippen molar-refractivity contribution in [1.29, 1.82) is 0 Å². The van der Waals surface area contributed by atoms with Gasteiger partial charge in [-0.1, -0.05) is 6.42 Å². The molecule has 1 heterocycles. The summed E-state index contributed by atoms with van der Waals surface area (Å²) in [6.45, 7) is 9.85. The molecule has 0 bridgehead atoms. The molecule has 1 aliphatic rings. The number of nitrogens with zero attached hydrogens (tertiary/aromatic N) is 1. The van der Waals surface area contributed by atoms with Crippen LogP contribution in [-0.4, -0.2) is 44.3 Å². The lowest BCUT2D eigenvalue weighted by molar-refractivity contribution is 0.237. The van der Waals surface area contributed by atoms with E-state index in [9.17, 15) is 0 Å². The Hall–Kier alpha value is -1.42. The Morgan fingerprint density at radius 3 is 2.43 bits per heavy atom. The maximum Gasteiger partial charge on any atom is 0.163 e. The molecule has 21 heavy (non-hydrogen) atoms. The molecule has 0 unspecified atom stereocenters. The van der Waals surface area contributed by atoms with Gasteiger partial charge in [0.1, 0.15) is 0 Å². The van der Waals surface area contributed by atoms with Crippen LogP contribution in [0.25, 0.3) is 0 Å². The van der Waals surface area contributed by atoms with E-state index < -0.39 is 0 Å². The van der Waals surface area contributed by atoms with Gasteiger partial charge in [-0.2, -0.15) is 0 Å². The highest BCUT2D eigenvalue weighted by Crippen LogP contribution is 2.30. The molecule has 1 fully saturated rings. The van der Waals surface area contributed by atoms with Crippen LogP contribution in [0, 0.1) is 0 Å². The van der Waals surface area contributed by atoms with Gasteiger partial charge in [-0.05, 0) is 51.9 Å². The molecular formula is C17H28N2O2. The molecule has 1 saturated heterocycles. The number of nitrogens with one attached hydrogen (secondary N) is 1. The summed E-state index contributed by atoms with van der Waals surface area (Å²) in [4.78, 5) is 2.54. The average molecular weight is 292 g/mol. The molecule has 118 valence electrons. The molecule has 2 rings (SSSR count). The van der Waals surface area contributed by atoms with Gasteiger partial charge in [-0.3, -0.25) is 0 Å². The van der Waals surface area contributed by atoms with Crippen molar-refractivity contribution in [1.82, 2.24) is 4.90 Å². The number of hydrogen-bond acceptors (Lipinski definition) is 4. The summed E-state index contributed by atoms with van der Waals surface area (Å²) in [7, 11) is 0. The van der Waals surface area contributed by atoms with Crippen molar-refractivity contribution in [2.45, 2.75) is 33.1 Å². The van der Waals surface area contributed by atoms with E-state index in [1.165, 1.54) is 32.4 Å². The predicted molar refractivity (Wildman–Crippen MR) is 87.6 cm³/mol. The highest BCUT2D eigenvalue weighted by atomic mass is 16.5. The van der Waals surface area contributed by atoms with Crippen molar-refractivity contribution < 1.29 is 9.47 Å². The molecule has 1 aromatic rings. The number of ether oxygens (including phenoxy) is 2. The van der Waals surface area contributed by atoms with Crippen LogP contribution in [0.3, 0.4) is 0 Å². The maximum absolute atomic E-state index is 5.65. The number of benzene rings is 1. The van der Waals surface area contributed by atoms with E-state index >= 15 is 0 Å². The quantitative estimate of drug-likeness (QED) is 0.796. The summed E-state index contributed by atoms with van der Waals surface area (Å²) in [5.74, 6) is 1.64. The number of piperidine rings is 1. The second-order valence-corrected chi connectivity index (χ2v) is 5.36. The lowest BCUT2D eigenvalue weighted by Crippen LogP contribution is -2.33. The third-order valence-corrected chi connectivity index (χ3v) is 3.75. The molecule has 1 aliphatic heterocycles. The molecule has 0 atom stereocenters. The normalized spacial score (nSPS) is 15.7. The van der Waals surface area contributed by atoms with Gasteiger partial charge in [-0.15, -0.1) is 0 Å². The van der Waals surface area contributed by atoms with Gasteiger partial charge in [0.25, 0.3) is 0 Å². The molecule has 1 aromatic carbocycles. The first kappa shape index (κ1) is 16.0. The molecule has 1 N–H and O–H groups in total. The number of hydrogen-bond donors (Lipinski definition) is 1. The van der Waals surface area contributed by atoms with Crippen molar-refractivity contribution in [3.05, 3.63) is 18.2 Å². The smallest absolute Gasteiger partial charge is 0.163 e. The standard InChI is InChI=1S/C17H28N2O2/c1-3-20-16-9-8-15(14-17(16)21-4-2)18-10-13-19-11-6-5-7-12-19/h8-9,14,18H,3-7,10-13H2,1-2H3. The predicted octanol–water partition coefficient (Wildman–Crippen LogP) is 3.38. The van der Waals surface area contributed by atoms with Crippen LogP contribution in [0.1, 0.15) is 33.1 Å². The molecule has 0 aliphatic carbocycles. The minimum Gasteiger partial charge on any atom is -0.490 e. The molecule has 0 radical (unpaired) electrons. The molecule has 0 amide bonds. The van der Waals surface area contributed by atoms with E-state index in [2.05, 4.69) is 16.3 Å². The van der Waals surface area contributed by atoms with Crippen LogP contribution >= 0.6 is 0 Å². The second kappa shape index (κ2) is 8.78. The molecule has 0 spiro atoms. The lowest BCUT2D eigenvalue weighted by Gasteiger charge is -2.26. The van der Waals surface area contributed by atoms with Gasteiger partial charge in [0.2, 0.25) is 0 Å². The van der Waals surface area contributed by atoms with Gasteiger partial charge in [0.05, 0.1) is 13.2 Å². The number of anilines is 1. The van der Waals surface area contributed by atoms with Crippen LogP contribution in [-0.2, 0) is 0 Å². The minimum absolute atomic E-state index is 0.650. The van der Waals surface area contributed by atoms with E-state index in [0.717, 1.165) is 30.3 Å². The third kappa shape index (κ3) is 5.12. The van der Waals surface area contributed by atoms with E-state index in [1.54, 1.807) is 0 Å². The minimum atomic E-state index is 0.650. The average Bonchev–Trinajstić information content (AvgIpc) is 2.51. The van der Waals surface area contributed by atoms with Crippen molar-refractivity contribution in [2.75, 3.05) is 44.7 Å². The summed E-state index contributed by atoms with van der Waals surface area (Å²) >= 11 is 0. The fraction of sp³-hybridized carbons (Fsp3) is 0.647. The van der Waals surface area contributed by atoms with Crippen LogP contribution in [0.15, 0.2) is 18.2 Å². The van der Waals surface area contributed by atoms with E-state index in [0.29, 0.717) is 13.2 Å². The Labute approximate surface area is 128 Å². The van der Waals surface area contributed by atoms with E-state index in [1.807, 2.05) is 26.0 Å². The maximum atomic E-state index is 5.65. The third-order valence-electron chi connectivity index (χ3n) is 3.75. The fourth-order valence-electron chi connectivity index (χ4n) is 2.70. The summed E-state index contributed by atoms with van der Waals surface area (Å²) in [5, 5.41) is 3.48. The van der Waals surface area contributed by atoms with Crippen molar-refractivity contribution in [3.63, 3.8) is 0 Å². The summed E-state index contributed by atoms with van der Waals surface area (Å²) in [6.07, 6.45) is 4.08. The fourth-order valence-corrected chi connectivity index (χ4v) is 2.70. The van der Waals surface area contributed by atoms with Gasteiger partial charge in [0.15, 0.2) is 11.5 Å². The molecular weight excluding hydrogens is 264 g/mol. The molecule has 0 saturated carbocycles. The summed E-state index contributed by atoms with van der Waals surface area (Å²) in [6, 6.07) is 6.08. The van der Waals surface area contributed by atoms with Gasteiger partial charge in [-0.25, -0.2) is 0 Å². The monoisotopic (exact) mass is 292 g/mol. The highest BCUT2D eigenvalue weighted by molar-refractivity contribution is 5.54. The first-order valence-electron chi connectivity index (χ1n) is 8.19. The van der Waals surface area contributed by atoms with Crippen LogP contribution in [0.5, 0.6) is 11.5 Å². The molecule has 4 heteroatoms.